The van der Waals surface area contributed by atoms with E-state index in [1.807, 2.05) is 13.8 Å². The Kier molecular flexibility index (Phi) is 6.86. The van der Waals surface area contributed by atoms with Crippen molar-refractivity contribution in [1.29, 1.82) is 0 Å². The second kappa shape index (κ2) is 10.0. The molecule has 0 atom stereocenters. The molecule has 10 heteroatoms. The molecule has 3 aromatic heterocycles. The van der Waals surface area contributed by atoms with E-state index in [4.69, 9.17) is 14.2 Å². The minimum Gasteiger partial charge on any atom is -0.497 e. The molecule has 0 saturated carbocycles. The minimum atomic E-state index is -0.709. The van der Waals surface area contributed by atoms with Crippen molar-refractivity contribution in [1.82, 2.24) is 14.0 Å². The van der Waals surface area contributed by atoms with Crippen molar-refractivity contribution in [3.05, 3.63) is 75.6 Å². The van der Waals surface area contributed by atoms with Crippen LogP contribution in [-0.2, 0) is 4.74 Å². The van der Waals surface area contributed by atoms with Gasteiger partial charge < -0.3 is 18.8 Å². The number of carbonyl (C=O) groups excluding carboxylic acids is 2. The Balaban J connectivity index is 2.11. The van der Waals surface area contributed by atoms with Gasteiger partial charge in [-0.3, -0.25) is 14.0 Å². The molecule has 10 nitrogen and oxygen atoms in total. The summed E-state index contributed by atoms with van der Waals surface area (Å²) in [5.41, 5.74) is 0.546. The van der Waals surface area contributed by atoms with E-state index in [1.165, 1.54) is 30.8 Å². The van der Waals surface area contributed by atoms with E-state index >= 15 is 0 Å². The maximum Gasteiger partial charge on any atom is 0.341 e. The lowest BCUT2D eigenvalue weighted by Crippen LogP contribution is -2.33. The Labute approximate surface area is 206 Å². The van der Waals surface area contributed by atoms with Crippen LogP contribution >= 0.6 is 0 Å². The molecule has 0 N–H and O–H groups in total. The quantitative estimate of drug-likeness (QED) is 0.301. The number of rotatable bonds is 6. The lowest BCUT2D eigenvalue weighted by molar-refractivity contribution is 0.0523. The Morgan fingerprint density at radius 2 is 1.83 bits per heavy atom. The second-order valence-electron chi connectivity index (χ2n) is 8.13. The van der Waals surface area contributed by atoms with Crippen LogP contribution in [0.4, 0.5) is 0 Å². The summed E-state index contributed by atoms with van der Waals surface area (Å²) in [5.74, 6) is -0.582. The van der Waals surface area contributed by atoms with E-state index in [9.17, 15) is 14.4 Å². The van der Waals surface area contributed by atoms with E-state index in [-0.39, 0.29) is 46.0 Å². The summed E-state index contributed by atoms with van der Waals surface area (Å²) < 4.78 is 18.8. The van der Waals surface area contributed by atoms with Gasteiger partial charge in [0.1, 0.15) is 28.4 Å². The number of ether oxygens (including phenoxy) is 3. The number of benzene rings is 1. The van der Waals surface area contributed by atoms with Gasteiger partial charge in [-0.1, -0.05) is 6.07 Å². The number of nitrogens with zero attached hydrogens (tertiary/aromatic N) is 4. The van der Waals surface area contributed by atoms with Crippen LogP contribution < -0.4 is 20.5 Å². The number of pyridine rings is 2. The summed E-state index contributed by atoms with van der Waals surface area (Å²) in [6.07, 6.45) is 1.60. The monoisotopic (exact) mass is 490 g/mol. The maximum atomic E-state index is 13.4. The zero-order valence-corrected chi connectivity index (χ0v) is 20.6. The van der Waals surface area contributed by atoms with Gasteiger partial charge in [0, 0.05) is 18.3 Å². The lowest BCUT2D eigenvalue weighted by Gasteiger charge is -2.18. The third-order valence-electron chi connectivity index (χ3n) is 5.59. The smallest absolute Gasteiger partial charge is 0.341 e. The van der Waals surface area contributed by atoms with Gasteiger partial charge in [0.15, 0.2) is 5.49 Å². The third-order valence-corrected chi connectivity index (χ3v) is 5.59. The Bertz CT molecular complexity index is 1620. The number of carbonyl (C=O) groups is 2. The van der Waals surface area contributed by atoms with Crippen LogP contribution in [0.15, 0.2) is 58.4 Å². The van der Waals surface area contributed by atoms with E-state index in [0.29, 0.717) is 17.0 Å². The number of methoxy groups -OCH3 is 2. The molecule has 1 amide bonds. The molecule has 0 bridgehead atoms. The first kappa shape index (κ1) is 24.6. The number of esters is 1. The molecule has 0 aliphatic heterocycles. The summed E-state index contributed by atoms with van der Waals surface area (Å²) in [6.45, 7) is 5.47. The van der Waals surface area contributed by atoms with Crippen LogP contribution in [0.5, 0.6) is 11.5 Å². The molecular formula is C26H26N4O6. The molecule has 4 aromatic rings. The fourth-order valence-electron chi connectivity index (χ4n) is 3.93. The first-order valence-electron chi connectivity index (χ1n) is 11.4. The van der Waals surface area contributed by atoms with Crippen molar-refractivity contribution in [3.63, 3.8) is 0 Å². The van der Waals surface area contributed by atoms with Gasteiger partial charge in [0.05, 0.1) is 31.8 Å². The molecule has 1 aromatic carbocycles. The largest absolute Gasteiger partial charge is 0.497 e. The average molecular weight is 491 g/mol. The summed E-state index contributed by atoms with van der Waals surface area (Å²) in [6, 6.07) is 11.0. The predicted octanol–water partition coefficient (Wildman–Crippen LogP) is 3.17. The van der Waals surface area contributed by atoms with E-state index in [0.717, 1.165) is 0 Å². The minimum absolute atomic E-state index is 0.0198. The predicted molar refractivity (Wildman–Crippen MR) is 133 cm³/mol. The molecule has 0 spiro atoms. The summed E-state index contributed by atoms with van der Waals surface area (Å²) in [4.78, 5) is 48.7. The molecular weight excluding hydrogens is 464 g/mol. The molecule has 0 aliphatic rings. The van der Waals surface area contributed by atoms with Crippen molar-refractivity contribution in [3.8, 4) is 11.5 Å². The van der Waals surface area contributed by atoms with Gasteiger partial charge in [0.25, 0.3) is 11.5 Å². The first-order chi connectivity index (χ1) is 17.3. The first-order valence-corrected chi connectivity index (χ1v) is 11.4. The van der Waals surface area contributed by atoms with Gasteiger partial charge in [0.2, 0.25) is 0 Å². The van der Waals surface area contributed by atoms with Crippen LogP contribution in [0, 0.1) is 0 Å². The number of aromatic nitrogens is 3. The Hall–Kier alpha value is -4.47. The molecule has 36 heavy (non-hydrogen) atoms. The van der Waals surface area contributed by atoms with Gasteiger partial charge in [-0.2, -0.15) is 4.99 Å². The Morgan fingerprint density at radius 1 is 1.06 bits per heavy atom. The van der Waals surface area contributed by atoms with Crippen molar-refractivity contribution >= 4 is 28.6 Å². The summed E-state index contributed by atoms with van der Waals surface area (Å²) in [5, 5.41) is 0.198. The normalized spacial score (nSPS) is 11.8. The molecule has 3 heterocycles. The number of hydrogen-bond acceptors (Lipinski definition) is 7. The van der Waals surface area contributed by atoms with Crippen LogP contribution in [0.25, 0.3) is 16.7 Å². The van der Waals surface area contributed by atoms with Crippen molar-refractivity contribution < 1.29 is 23.8 Å². The maximum absolute atomic E-state index is 13.4. The molecule has 0 unspecified atom stereocenters. The fourth-order valence-corrected chi connectivity index (χ4v) is 3.93. The second-order valence-corrected chi connectivity index (χ2v) is 8.13. The van der Waals surface area contributed by atoms with E-state index in [1.54, 1.807) is 48.0 Å². The van der Waals surface area contributed by atoms with Crippen molar-refractivity contribution in [2.75, 3.05) is 20.8 Å². The molecule has 0 saturated heterocycles. The van der Waals surface area contributed by atoms with Gasteiger partial charge >= 0.3 is 5.97 Å². The number of fused-ring (bicyclic) bond motifs is 2. The van der Waals surface area contributed by atoms with Crippen molar-refractivity contribution in [2.45, 2.75) is 26.8 Å². The van der Waals surface area contributed by atoms with E-state index < -0.39 is 11.9 Å². The lowest BCUT2D eigenvalue weighted by atomic mass is 10.1. The molecule has 186 valence electrons. The van der Waals surface area contributed by atoms with Gasteiger partial charge in [-0.15, -0.1) is 0 Å². The van der Waals surface area contributed by atoms with Crippen LogP contribution in [0.2, 0.25) is 0 Å². The molecule has 0 radical (unpaired) electrons. The zero-order valence-electron chi connectivity index (χ0n) is 20.6. The van der Waals surface area contributed by atoms with Gasteiger partial charge in [-0.25, -0.2) is 9.78 Å². The molecule has 0 fully saturated rings. The highest BCUT2D eigenvalue weighted by atomic mass is 16.5. The summed E-state index contributed by atoms with van der Waals surface area (Å²) >= 11 is 0. The summed E-state index contributed by atoms with van der Waals surface area (Å²) in [7, 11) is 2.94. The standard InChI is InChI=1S/C26H26N4O6/c1-6-36-26(33)19-14-18-22(27-21-9-7-8-12-29(21)25(18)32)30(15(2)3)23(19)28-24(31)17-11-10-16(34-4)13-20(17)35-5/h7-15H,6H2,1-5H3. The van der Waals surface area contributed by atoms with E-state index in [2.05, 4.69) is 9.98 Å². The number of hydrogen-bond donors (Lipinski definition) is 0. The third kappa shape index (κ3) is 4.33. The highest BCUT2D eigenvalue weighted by molar-refractivity contribution is 5.99. The van der Waals surface area contributed by atoms with Crippen LogP contribution in [-0.4, -0.2) is 46.7 Å². The molecule has 0 aliphatic carbocycles. The van der Waals surface area contributed by atoms with Crippen LogP contribution in [0.1, 0.15) is 47.5 Å². The number of amides is 1. The van der Waals surface area contributed by atoms with Crippen molar-refractivity contribution in [2.24, 2.45) is 4.99 Å². The topological polar surface area (TPSA) is 113 Å². The fraction of sp³-hybridized carbons (Fsp3) is 0.269. The SMILES string of the molecule is CCOC(=O)c1cc2c(=O)n3ccccc3nc2n(C(C)C)c1=NC(=O)c1ccc(OC)cc1OC. The molecule has 4 rings (SSSR count). The average Bonchev–Trinajstić information content (AvgIpc) is 2.87. The Morgan fingerprint density at radius 3 is 2.50 bits per heavy atom. The zero-order chi connectivity index (χ0) is 26.0. The highest BCUT2D eigenvalue weighted by Crippen LogP contribution is 2.25. The van der Waals surface area contributed by atoms with Gasteiger partial charge in [-0.05, 0) is 51.1 Å². The highest BCUT2D eigenvalue weighted by Gasteiger charge is 2.22. The van der Waals surface area contributed by atoms with Crippen LogP contribution in [0.3, 0.4) is 0 Å².